The Hall–Kier alpha value is -2.35. The highest BCUT2D eigenvalue weighted by molar-refractivity contribution is 5.85. The highest BCUT2D eigenvalue weighted by atomic mass is 16.5. The summed E-state index contributed by atoms with van der Waals surface area (Å²) >= 11 is 0. The normalized spacial score (nSPS) is 10.4. The van der Waals surface area contributed by atoms with Gasteiger partial charge >= 0.3 is 0 Å². The molecule has 5 nitrogen and oxygen atoms in total. The van der Waals surface area contributed by atoms with Crippen LogP contribution in [-0.2, 0) is 4.79 Å². The molecule has 1 aromatic rings. The van der Waals surface area contributed by atoms with Crippen molar-refractivity contribution in [2.75, 3.05) is 6.61 Å². The van der Waals surface area contributed by atoms with Gasteiger partial charge in [-0.2, -0.15) is 10.4 Å². The van der Waals surface area contributed by atoms with E-state index < -0.39 is 5.91 Å². The average molecular weight is 315 g/mol. The zero-order valence-electron chi connectivity index (χ0n) is 13.8. The summed E-state index contributed by atoms with van der Waals surface area (Å²) in [5.41, 5.74) is 3.11. The predicted octanol–water partition coefficient (Wildman–Crippen LogP) is 3.79. The monoisotopic (exact) mass is 315 g/mol. The molecule has 23 heavy (non-hydrogen) atoms. The fourth-order valence-corrected chi connectivity index (χ4v) is 2.07. The second-order valence-electron chi connectivity index (χ2n) is 5.28. The van der Waals surface area contributed by atoms with Crippen molar-refractivity contribution in [1.82, 2.24) is 5.43 Å². The molecule has 0 aliphatic rings. The second-order valence-corrected chi connectivity index (χ2v) is 5.28. The molecule has 0 atom stereocenters. The number of nitrogens with one attached hydrogen (secondary N) is 1. The molecule has 0 radical (unpaired) electrons. The Kier molecular flexibility index (Phi) is 9.93. The molecule has 0 aromatic heterocycles. The van der Waals surface area contributed by atoms with Crippen molar-refractivity contribution >= 4 is 12.1 Å². The number of hydrogen-bond donors (Lipinski definition) is 1. The van der Waals surface area contributed by atoms with Crippen molar-refractivity contribution in [2.45, 2.75) is 51.9 Å². The second kappa shape index (κ2) is 12.2. The van der Waals surface area contributed by atoms with E-state index in [1.165, 1.54) is 38.3 Å². The van der Waals surface area contributed by atoms with Gasteiger partial charge in [0.1, 0.15) is 12.2 Å². The summed E-state index contributed by atoms with van der Waals surface area (Å²) < 4.78 is 5.79. The zero-order valence-corrected chi connectivity index (χ0v) is 13.8. The van der Waals surface area contributed by atoms with Crippen LogP contribution in [-0.4, -0.2) is 18.7 Å². The summed E-state index contributed by atoms with van der Waals surface area (Å²) in [4.78, 5) is 11.2. The highest BCUT2D eigenvalue weighted by Gasteiger charge is 2.01. The third-order valence-electron chi connectivity index (χ3n) is 3.31. The molecule has 0 saturated carbocycles. The number of benzene rings is 1. The number of hydrazone groups is 1. The van der Waals surface area contributed by atoms with Crippen LogP contribution in [0.5, 0.6) is 5.75 Å². The van der Waals surface area contributed by atoms with E-state index in [9.17, 15) is 4.79 Å². The molecule has 5 heteroatoms. The van der Waals surface area contributed by atoms with Crippen LogP contribution in [0.4, 0.5) is 0 Å². The molecule has 0 aliphatic heterocycles. The number of para-hydroxylation sites is 1. The summed E-state index contributed by atoms with van der Waals surface area (Å²) in [7, 11) is 0. The number of rotatable bonds is 11. The van der Waals surface area contributed by atoms with E-state index in [1.807, 2.05) is 24.3 Å². The number of amides is 1. The molecule has 0 saturated heterocycles. The van der Waals surface area contributed by atoms with Crippen LogP contribution in [0.2, 0.25) is 0 Å². The number of nitriles is 1. The van der Waals surface area contributed by atoms with E-state index >= 15 is 0 Å². The number of carbonyl (C=O) groups is 1. The molecule has 1 aromatic carbocycles. The maximum Gasteiger partial charge on any atom is 0.254 e. The number of carbonyl (C=O) groups excluding carboxylic acids is 1. The van der Waals surface area contributed by atoms with Crippen molar-refractivity contribution < 1.29 is 9.53 Å². The van der Waals surface area contributed by atoms with Crippen molar-refractivity contribution in [1.29, 1.82) is 5.26 Å². The van der Waals surface area contributed by atoms with E-state index in [4.69, 9.17) is 10.00 Å². The van der Waals surface area contributed by atoms with Gasteiger partial charge in [-0.1, -0.05) is 51.2 Å². The van der Waals surface area contributed by atoms with E-state index in [2.05, 4.69) is 17.5 Å². The lowest BCUT2D eigenvalue weighted by Gasteiger charge is -2.08. The largest absolute Gasteiger partial charge is 0.493 e. The highest BCUT2D eigenvalue weighted by Crippen LogP contribution is 2.16. The van der Waals surface area contributed by atoms with Gasteiger partial charge < -0.3 is 4.74 Å². The Labute approximate surface area is 138 Å². The first kappa shape index (κ1) is 18.7. The van der Waals surface area contributed by atoms with Gasteiger partial charge in [0.15, 0.2) is 0 Å². The number of ether oxygens (including phenoxy) is 1. The lowest BCUT2D eigenvalue weighted by Crippen LogP contribution is -2.16. The zero-order chi connectivity index (χ0) is 16.8. The first-order chi connectivity index (χ1) is 11.3. The molecule has 0 spiro atoms. The van der Waals surface area contributed by atoms with E-state index in [-0.39, 0.29) is 6.42 Å². The average Bonchev–Trinajstić information content (AvgIpc) is 2.55. The Morgan fingerprint density at radius 1 is 1.26 bits per heavy atom. The summed E-state index contributed by atoms with van der Waals surface area (Å²) in [5.74, 6) is 0.327. The third kappa shape index (κ3) is 8.62. The fraction of sp³-hybridized carbons (Fsp3) is 0.500. The molecule has 1 N–H and O–H groups in total. The van der Waals surface area contributed by atoms with Crippen molar-refractivity contribution in [3.63, 3.8) is 0 Å². The molecule has 0 aliphatic carbocycles. The smallest absolute Gasteiger partial charge is 0.254 e. The van der Waals surface area contributed by atoms with Crippen LogP contribution < -0.4 is 10.2 Å². The Morgan fingerprint density at radius 2 is 2.00 bits per heavy atom. The summed E-state index contributed by atoms with van der Waals surface area (Å²) in [6.45, 7) is 2.89. The van der Waals surface area contributed by atoms with Crippen molar-refractivity contribution in [3.05, 3.63) is 29.8 Å². The molecule has 0 fully saturated rings. The summed E-state index contributed by atoms with van der Waals surface area (Å²) in [5, 5.41) is 12.2. The molecule has 0 bridgehead atoms. The minimum atomic E-state index is -0.422. The first-order valence-electron chi connectivity index (χ1n) is 8.18. The maximum atomic E-state index is 11.2. The number of nitrogens with zero attached hydrogens (tertiary/aromatic N) is 2. The Morgan fingerprint density at radius 3 is 2.78 bits per heavy atom. The quantitative estimate of drug-likeness (QED) is 0.383. The molecular weight excluding hydrogens is 290 g/mol. The van der Waals surface area contributed by atoms with Gasteiger partial charge in [-0.15, -0.1) is 0 Å². The standard InChI is InChI=1S/C18H25N3O2/c1-2-3-4-5-6-9-14-23-17-11-8-7-10-16(17)15-20-21-18(22)12-13-19/h7-8,10-11,15H,2-6,9,12,14H2,1H3,(H,21,22)/b20-15+. The number of hydrogen-bond acceptors (Lipinski definition) is 4. The lowest BCUT2D eigenvalue weighted by molar-refractivity contribution is -0.120. The van der Waals surface area contributed by atoms with Gasteiger partial charge in [-0.3, -0.25) is 4.79 Å². The first-order valence-corrected chi connectivity index (χ1v) is 8.18. The van der Waals surface area contributed by atoms with E-state index in [1.54, 1.807) is 6.07 Å². The third-order valence-corrected chi connectivity index (χ3v) is 3.31. The summed E-state index contributed by atoms with van der Waals surface area (Å²) in [6, 6.07) is 9.32. The molecule has 1 rings (SSSR count). The van der Waals surface area contributed by atoms with Crippen molar-refractivity contribution in [3.8, 4) is 11.8 Å². The molecule has 0 unspecified atom stereocenters. The minimum absolute atomic E-state index is 0.201. The number of unbranched alkanes of at least 4 members (excludes halogenated alkanes) is 5. The van der Waals surface area contributed by atoms with Gasteiger partial charge in [-0.05, 0) is 18.6 Å². The lowest BCUT2D eigenvalue weighted by atomic mass is 10.1. The van der Waals surface area contributed by atoms with Gasteiger partial charge in [0.25, 0.3) is 5.91 Å². The van der Waals surface area contributed by atoms with Crippen LogP contribution in [0.3, 0.4) is 0 Å². The van der Waals surface area contributed by atoms with Gasteiger partial charge in [0.2, 0.25) is 0 Å². The summed E-state index contributed by atoms with van der Waals surface area (Å²) in [6.07, 6.45) is 8.66. The predicted molar refractivity (Wildman–Crippen MR) is 91.3 cm³/mol. The topological polar surface area (TPSA) is 74.5 Å². The van der Waals surface area contributed by atoms with E-state index in [0.717, 1.165) is 17.7 Å². The van der Waals surface area contributed by atoms with Crippen LogP contribution in [0, 0.1) is 11.3 Å². The molecule has 124 valence electrons. The fourth-order valence-electron chi connectivity index (χ4n) is 2.07. The minimum Gasteiger partial charge on any atom is -0.493 e. The Bertz CT molecular complexity index is 535. The van der Waals surface area contributed by atoms with Crippen LogP contribution >= 0.6 is 0 Å². The maximum absolute atomic E-state index is 11.2. The Balaban J connectivity index is 2.37. The van der Waals surface area contributed by atoms with E-state index in [0.29, 0.717) is 6.61 Å². The molecule has 1 amide bonds. The molecular formula is C18H25N3O2. The molecule has 0 heterocycles. The van der Waals surface area contributed by atoms with Gasteiger partial charge in [0.05, 0.1) is 18.9 Å². The van der Waals surface area contributed by atoms with Gasteiger partial charge in [-0.25, -0.2) is 5.43 Å². The van der Waals surface area contributed by atoms with Crippen LogP contribution in [0.25, 0.3) is 0 Å². The van der Waals surface area contributed by atoms with Gasteiger partial charge in [0, 0.05) is 5.56 Å². The van der Waals surface area contributed by atoms with Crippen molar-refractivity contribution in [2.24, 2.45) is 5.10 Å². The van der Waals surface area contributed by atoms with Crippen LogP contribution in [0.1, 0.15) is 57.4 Å². The van der Waals surface area contributed by atoms with Crippen LogP contribution in [0.15, 0.2) is 29.4 Å². The SMILES string of the molecule is CCCCCCCCOc1ccccc1/C=N/NC(=O)CC#N.